The van der Waals surface area contributed by atoms with E-state index in [1.165, 1.54) is 11.1 Å². The van der Waals surface area contributed by atoms with Gasteiger partial charge in [0.05, 0.1) is 0 Å². The van der Waals surface area contributed by atoms with E-state index in [0.717, 1.165) is 0 Å². The normalized spacial score (nSPS) is 9.71. The van der Waals surface area contributed by atoms with Crippen LogP contribution < -0.4 is 0 Å². The molecule has 1 aromatic carbocycles. The summed E-state index contributed by atoms with van der Waals surface area (Å²) in [7, 11) is 0. The third kappa shape index (κ3) is 3.87. The average molecular weight is 204 g/mol. The van der Waals surface area contributed by atoms with E-state index >= 15 is 0 Å². The van der Waals surface area contributed by atoms with Crippen molar-refractivity contribution in [1.29, 1.82) is 0 Å². The fourth-order valence-corrected chi connectivity index (χ4v) is 1.55. The fraction of sp³-hybridized carbons (Fsp3) is 0.308. The van der Waals surface area contributed by atoms with Gasteiger partial charge in [-0.3, -0.25) is 0 Å². The van der Waals surface area contributed by atoms with Crippen molar-refractivity contribution in [2.24, 2.45) is 0 Å². The first-order valence-electron chi connectivity index (χ1n) is 4.83. The Kier molecular flexibility index (Phi) is 4.58. The van der Waals surface area contributed by atoms with Gasteiger partial charge in [-0.15, -0.1) is 17.5 Å². The summed E-state index contributed by atoms with van der Waals surface area (Å²) < 4.78 is 0. The third-order valence-corrected chi connectivity index (χ3v) is 2.62. The maximum absolute atomic E-state index is 3.28. The zero-order chi connectivity index (χ0) is 10.4. The van der Waals surface area contributed by atoms with E-state index in [9.17, 15) is 0 Å². The van der Waals surface area contributed by atoms with Crippen molar-refractivity contribution < 1.29 is 0 Å². The second-order valence-corrected chi connectivity index (χ2v) is 4.89. The van der Waals surface area contributed by atoms with Crippen LogP contribution >= 0.6 is 11.8 Å². The van der Waals surface area contributed by atoms with Gasteiger partial charge in [0.15, 0.2) is 0 Å². The van der Waals surface area contributed by atoms with Crippen molar-refractivity contribution in [3.63, 3.8) is 0 Å². The standard InChI is InChI=1S/C13H16S/c1-11(2)14-10-9-12(3)13-7-5-4-6-8-13/h4-8,10-11H,1-3H3. The summed E-state index contributed by atoms with van der Waals surface area (Å²) in [6.45, 7) is 6.45. The Bertz CT molecular complexity index is 330. The van der Waals surface area contributed by atoms with Crippen molar-refractivity contribution in [2.45, 2.75) is 26.0 Å². The van der Waals surface area contributed by atoms with E-state index in [4.69, 9.17) is 0 Å². The lowest BCUT2D eigenvalue weighted by Crippen LogP contribution is -1.80. The molecule has 1 rings (SSSR count). The fourth-order valence-electron chi connectivity index (χ4n) is 1.03. The summed E-state index contributed by atoms with van der Waals surface area (Å²) in [5.74, 6) is 0. The molecule has 0 atom stereocenters. The van der Waals surface area contributed by atoms with Crippen molar-refractivity contribution >= 4 is 17.3 Å². The van der Waals surface area contributed by atoms with E-state index in [1.54, 1.807) is 11.8 Å². The van der Waals surface area contributed by atoms with Gasteiger partial charge in [0.1, 0.15) is 0 Å². The Labute approximate surface area is 90.7 Å². The van der Waals surface area contributed by atoms with Gasteiger partial charge < -0.3 is 0 Å². The predicted octanol–water partition coefficient (Wildman–Crippen LogP) is 4.34. The molecule has 0 heterocycles. The molecule has 0 saturated carbocycles. The first kappa shape index (κ1) is 11.2. The molecular weight excluding hydrogens is 188 g/mol. The molecule has 1 aromatic rings. The SMILES string of the molecule is CC(=C=CSC(C)C)c1ccccc1. The van der Waals surface area contributed by atoms with Crippen molar-refractivity contribution in [3.05, 3.63) is 47.0 Å². The second kappa shape index (κ2) is 5.74. The smallest absolute Gasteiger partial charge is 0.0134 e. The molecular formula is C13H16S. The van der Waals surface area contributed by atoms with E-state index in [0.29, 0.717) is 5.25 Å². The molecule has 0 amide bonds. The molecule has 0 bridgehead atoms. The van der Waals surface area contributed by atoms with Crippen LogP contribution in [0.1, 0.15) is 26.3 Å². The first-order chi connectivity index (χ1) is 6.70. The zero-order valence-corrected chi connectivity index (χ0v) is 9.77. The molecule has 0 radical (unpaired) electrons. The number of rotatable bonds is 3. The maximum atomic E-state index is 3.28. The number of benzene rings is 1. The van der Waals surface area contributed by atoms with Crippen molar-refractivity contribution in [3.8, 4) is 0 Å². The molecule has 0 aliphatic rings. The summed E-state index contributed by atoms with van der Waals surface area (Å²) in [6.07, 6.45) is 0. The molecule has 1 heteroatoms. The van der Waals surface area contributed by atoms with Gasteiger partial charge >= 0.3 is 0 Å². The predicted molar refractivity (Wildman–Crippen MR) is 66.3 cm³/mol. The topological polar surface area (TPSA) is 0 Å². The Morgan fingerprint density at radius 1 is 1.29 bits per heavy atom. The van der Waals surface area contributed by atoms with Gasteiger partial charge in [-0.1, -0.05) is 44.2 Å². The summed E-state index contributed by atoms with van der Waals surface area (Å²) in [5.41, 5.74) is 5.72. The number of thioether (sulfide) groups is 1. The first-order valence-corrected chi connectivity index (χ1v) is 5.77. The van der Waals surface area contributed by atoms with E-state index in [-0.39, 0.29) is 0 Å². The summed E-state index contributed by atoms with van der Waals surface area (Å²) in [6, 6.07) is 10.3. The highest BCUT2D eigenvalue weighted by atomic mass is 32.2. The second-order valence-electron chi connectivity index (χ2n) is 3.44. The Balaban J connectivity index is 2.75. The number of hydrogen-bond acceptors (Lipinski definition) is 1. The number of allylic oxidation sites excluding steroid dienone is 1. The van der Waals surface area contributed by atoms with Crippen LogP contribution in [-0.2, 0) is 0 Å². The molecule has 0 spiro atoms. The van der Waals surface area contributed by atoms with Crippen LogP contribution in [0.2, 0.25) is 0 Å². The van der Waals surface area contributed by atoms with Gasteiger partial charge in [-0.2, -0.15) is 0 Å². The van der Waals surface area contributed by atoms with Gasteiger partial charge in [0, 0.05) is 10.7 Å². The highest BCUT2D eigenvalue weighted by Crippen LogP contribution is 2.14. The molecule has 0 unspecified atom stereocenters. The molecule has 14 heavy (non-hydrogen) atoms. The largest absolute Gasteiger partial charge is 0.123 e. The average Bonchev–Trinajstić information content (AvgIpc) is 2.18. The minimum atomic E-state index is 0.631. The lowest BCUT2D eigenvalue weighted by Gasteiger charge is -1.97. The van der Waals surface area contributed by atoms with Gasteiger partial charge in [-0.25, -0.2) is 0 Å². The lowest BCUT2D eigenvalue weighted by atomic mass is 10.1. The van der Waals surface area contributed by atoms with Crippen LogP contribution in [0, 0.1) is 0 Å². The molecule has 0 fully saturated rings. The molecule has 0 aliphatic carbocycles. The van der Waals surface area contributed by atoms with E-state index < -0.39 is 0 Å². The quantitative estimate of drug-likeness (QED) is 0.660. The highest BCUT2D eigenvalue weighted by molar-refractivity contribution is 8.02. The van der Waals surface area contributed by atoms with Crippen LogP contribution in [0.15, 0.2) is 41.5 Å². The minimum absolute atomic E-state index is 0.631. The Hall–Kier alpha value is -0.910. The van der Waals surface area contributed by atoms with Crippen LogP contribution in [0.5, 0.6) is 0 Å². The molecule has 0 nitrogen and oxygen atoms in total. The van der Waals surface area contributed by atoms with E-state index in [2.05, 4.69) is 50.8 Å². The van der Waals surface area contributed by atoms with Crippen LogP contribution in [0.3, 0.4) is 0 Å². The van der Waals surface area contributed by atoms with Crippen molar-refractivity contribution in [1.82, 2.24) is 0 Å². The van der Waals surface area contributed by atoms with E-state index in [1.807, 2.05) is 11.5 Å². The Morgan fingerprint density at radius 2 is 1.93 bits per heavy atom. The molecule has 0 aromatic heterocycles. The van der Waals surface area contributed by atoms with Crippen LogP contribution in [0.25, 0.3) is 5.57 Å². The van der Waals surface area contributed by atoms with Crippen molar-refractivity contribution in [2.75, 3.05) is 0 Å². The minimum Gasteiger partial charge on any atom is -0.123 e. The third-order valence-electron chi connectivity index (χ3n) is 1.82. The Morgan fingerprint density at radius 3 is 2.50 bits per heavy atom. The van der Waals surface area contributed by atoms with Crippen LogP contribution in [-0.4, -0.2) is 5.25 Å². The summed E-state index contributed by atoms with van der Waals surface area (Å²) in [5, 5.41) is 2.68. The van der Waals surface area contributed by atoms with Crippen LogP contribution in [0.4, 0.5) is 0 Å². The molecule has 74 valence electrons. The van der Waals surface area contributed by atoms with Gasteiger partial charge in [0.2, 0.25) is 0 Å². The monoisotopic (exact) mass is 204 g/mol. The summed E-state index contributed by atoms with van der Waals surface area (Å²) >= 11 is 1.80. The zero-order valence-electron chi connectivity index (χ0n) is 8.95. The molecule has 0 saturated heterocycles. The maximum Gasteiger partial charge on any atom is 0.0134 e. The lowest BCUT2D eigenvalue weighted by molar-refractivity contribution is 1.12. The summed E-state index contributed by atoms with van der Waals surface area (Å²) in [4.78, 5) is 0. The molecule has 0 N–H and O–H groups in total. The number of hydrogen-bond donors (Lipinski definition) is 0. The van der Waals surface area contributed by atoms with Gasteiger partial charge in [-0.05, 0) is 18.1 Å². The van der Waals surface area contributed by atoms with Gasteiger partial charge in [0.25, 0.3) is 0 Å². The highest BCUT2D eigenvalue weighted by Gasteiger charge is 1.91. The molecule has 0 aliphatic heterocycles.